The fourth-order valence-corrected chi connectivity index (χ4v) is 3.17. The molecule has 0 aliphatic heterocycles. The molecule has 0 aromatic heterocycles. The number of halogens is 1. The summed E-state index contributed by atoms with van der Waals surface area (Å²) in [5.41, 5.74) is 4.15. The second-order valence-electron chi connectivity index (χ2n) is 5.42. The molecule has 0 unspecified atom stereocenters. The molecule has 8 heteroatoms. The normalized spacial score (nSPS) is 11.8. The number of hydrazone groups is 1. The van der Waals surface area contributed by atoms with E-state index in [1.165, 1.54) is 13.3 Å². The Hall–Kier alpha value is -2.58. The SMILES string of the molecule is Cc1cccc(/C=N\NC(=O)CN(C)S(=O)(=O)c2ccc(F)cc2)c1. The van der Waals surface area contributed by atoms with Crippen LogP contribution < -0.4 is 5.43 Å². The van der Waals surface area contributed by atoms with E-state index in [1.807, 2.05) is 31.2 Å². The average molecular weight is 363 g/mol. The van der Waals surface area contributed by atoms with Crippen molar-refractivity contribution in [3.63, 3.8) is 0 Å². The Bertz CT molecular complexity index is 880. The number of nitrogens with one attached hydrogen (secondary N) is 1. The zero-order chi connectivity index (χ0) is 18.4. The first-order valence-electron chi connectivity index (χ1n) is 7.39. The van der Waals surface area contributed by atoms with Crippen LogP contribution in [0.25, 0.3) is 0 Å². The number of likely N-dealkylation sites (N-methyl/N-ethyl adjacent to an activating group) is 1. The number of hydrogen-bond donors (Lipinski definition) is 1. The Balaban J connectivity index is 1.96. The highest BCUT2D eigenvalue weighted by molar-refractivity contribution is 7.89. The highest BCUT2D eigenvalue weighted by atomic mass is 32.2. The molecule has 0 saturated carbocycles. The highest BCUT2D eigenvalue weighted by Gasteiger charge is 2.22. The van der Waals surface area contributed by atoms with Gasteiger partial charge in [0.15, 0.2) is 0 Å². The van der Waals surface area contributed by atoms with Crippen molar-refractivity contribution < 1.29 is 17.6 Å². The predicted molar refractivity (Wildman–Crippen MR) is 93.1 cm³/mol. The number of aryl methyl sites for hydroxylation is 1. The molecule has 132 valence electrons. The maximum Gasteiger partial charge on any atom is 0.255 e. The molecule has 0 saturated heterocycles. The summed E-state index contributed by atoms with van der Waals surface area (Å²) in [6, 6.07) is 11.9. The quantitative estimate of drug-likeness (QED) is 0.629. The van der Waals surface area contributed by atoms with E-state index in [0.717, 1.165) is 39.7 Å². The third kappa shape index (κ3) is 5.20. The molecule has 0 heterocycles. The van der Waals surface area contributed by atoms with Gasteiger partial charge in [0.2, 0.25) is 10.0 Å². The van der Waals surface area contributed by atoms with Gasteiger partial charge in [0.1, 0.15) is 5.82 Å². The van der Waals surface area contributed by atoms with Crippen LogP contribution in [0.5, 0.6) is 0 Å². The lowest BCUT2D eigenvalue weighted by Crippen LogP contribution is -2.36. The molecule has 0 spiro atoms. The van der Waals surface area contributed by atoms with Crippen LogP contribution in [0.1, 0.15) is 11.1 Å². The topological polar surface area (TPSA) is 78.8 Å². The summed E-state index contributed by atoms with van der Waals surface area (Å²) in [5.74, 6) is -1.12. The maximum absolute atomic E-state index is 12.9. The summed E-state index contributed by atoms with van der Waals surface area (Å²) in [6.45, 7) is 1.52. The van der Waals surface area contributed by atoms with Gasteiger partial charge in [0.05, 0.1) is 17.7 Å². The van der Waals surface area contributed by atoms with Crippen molar-refractivity contribution >= 4 is 22.1 Å². The highest BCUT2D eigenvalue weighted by Crippen LogP contribution is 2.14. The molecule has 1 N–H and O–H groups in total. The summed E-state index contributed by atoms with van der Waals surface area (Å²) < 4.78 is 38.4. The third-order valence-electron chi connectivity index (χ3n) is 3.33. The van der Waals surface area contributed by atoms with Crippen LogP contribution in [0.2, 0.25) is 0 Å². The summed E-state index contributed by atoms with van der Waals surface area (Å²) >= 11 is 0. The molecular weight excluding hydrogens is 345 g/mol. The van der Waals surface area contributed by atoms with Gasteiger partial charge in [-0.25, -0.2) is 18.2 Å². The average Bonchev–Trinajstić information content (AvgIpc) is 2.55. The fourth-order valence-electron chi connectivity index (χ4n) is 2.04. The van der Waals surface area contributed by atoms with Crippen molar-refractivity contribution in [2.75, 3.05) is 13.6 Å². The van der Waals surface area contributed by atoms with E-state index in [2.05, 4.69) is 10.5 Å². The second-order valence-corrected chi connectivity index (χ2v) is 7.47. The molecule has 0 atom stereocenters. The van der Waals surface area contributed by atoms with Crippen molar-refractivity contribution in [2.24, 2.45) is 5.10 Å². The molecule has 0 radical (unpaired) electrons. The van der Waals surface area contributed by atoms with Crippen molar-refractivity contribution in [2.45, 2.75) is 11.8 Å². The number of hydrogen-bond acceptors (Lipinski definition) is 4. The Labute approximate surface area is 146 Å². The lowest BCUT2D eigenvalue weighted by Gasteiger charge is -2.16. The van der Waals surface area contributed by atoms with Crippen molar-refractivity contribution in [1.29, 1.82) is 0 Å². The van der Waals surface area contributed by atoms with E-state index in [-0.39, 0.29) is 4.90 Å². The molecule has 2 aromatic carbocycles. The van der Waals surface area contributed by atoms with Crippen molar-refractivity contribution in [1.82, 2.24) is 9.73 Å². The Kier molecular flexibility index (Phi) is 6.00. The Morgan fingerprint density at radius 2 is 1.92 bits per heavy atom. The molecule has 0 aliphatic carbocycles. The fraction of sp³-hybridized carbons (Fsp3) is 0.176. The largest absolute Gasteiger partial charge is 0.272 e. The predicted octanol–water partition coefficient (Wildman–Crippen LogP) is 1.90. The minimum atomic E-state index is -3.88. The van der Waals surface area contributed by atoms with Gasteiger partial charge in [-0.3, -0.25) is 4.79 Å². The van der Waals surface area contributed by atoms with Crippen LogP contribution in [-0.2, 0) is 14.8 Å². The molecule has 2 aromatic rings. The molecule has 2 rings (SSSR count). The lowest BCUT2D eigenvalue weighted by molar-refractivity contribution is -0.121. The van der Waals surface area contributed by atoms with Crippen molar-refractivity contribution in [3.8, 4) is 0 Å². The number of carbonyl (C=O) groups excluding carboxylic acids is 1. The Morgan fingerprint density at radius 1 is 1.24 bits per heavy atom. The van der Waals surface area contributed by atoms with Gasteiger partial charge < -0.3 is 0 Å². The summed E-state index contributed by atoms with van der Waals surface area (Å²) in [4.78, 5) is 11.8. The van der Waals surface area contributed by atoms with E-state index in [0.29, 0.717) is 0 Å². The van der Waals surface area contributed by atoms with Gasteiger partial charge in [-0.1, -0.05) is 29.8 Å². The molecule has 25 heavy (non-hydrogen) atoms. The molecule has 0 fully saturated rings. The van der Waals surface area contributed by atoms with E-state index in [4.69, 9.17) is 0 Å². The first-order chi connectivity index (χ1) is 11.8. The molecule has 1 amide bonds. The van der Waals surface area contributed by atoms with Crippen LogP contribution in [0.3, 0.4) is 0 Å². The van der Waals surface area contributed by atoms with Crippen LogP contribution in [0.15, 0.2) is 58.5 Å². The molecular formula is C17H18FN3O3S. The minimum Gasteiger partial charge on any atom is -0.272 e. The van der Waals surface area contributed by atoms with Crippen LogP contribution in [0, 0.1) is 12.7 Å². The Morgan fingerprint density at radius 3 is 2.56 bits per heavy atom. The summed E-state index contributed by atoms with van der Waals surface area (Å²) in [6.07, 6.45) is 1.47. The number of carbonyl (C=O) groups is 1. The van der Waals surface area contributed by atoms with Gasteiger partial charge in [-0.05, 0) is 36.8 Å². The zero-order valence-electron chi connectivity index (χ0n) is 13.8. The number of benzene rings is 2. The van der Waals surface area contributed by atoms with Crippen LogP contribution in [0.4, 0.5) is 4.39 Å². The van der Waals surface area contributed by atoms with Gasteiger partial charge in [0, 0.05) is 7.05 Å². The first kappa shape index (κ1) is 18.8. The van der Waals surface area contributed by atoms with Gasteiger partial charge in [-0.15, -0.1) is 0 Å². The third-order valence-corrected chi connectivity index (χ3v) is 5.15. The van der Waals surface area contributed by atoms with Gasteiger partial charge in [-0.2, -0.15) is 9.41 Å². The number of sulfonamides is 1. The summed E-state index contributed by atoms with van der Waals surface area (Å²) in [7, 11) is -2.61. The first-order valence-corrected chi connectivity index (χ1v) is 8.83. The maximum atomic E-state index is 12.9. The van der Waals surface area contributed by atoms with E-state index in [1.54, 1.807) is 0 Å². The zero-order valence-corrected chi connectivity index (χ0v) is 14.6. The van der Waals surface area contributed by atoms with Crippen LogP contribution in [-0.4, -0.2) is 38.4 Å². The minimum absolute atomic E-state index is 0.0903. The molecule has 6 nitrogen and oxygen atoms in total. The molecule has 0 aliphatic rings. The smallest absolute Gasteiger partial charge is 0.255 e. The second kappa shape index (κ2) is 8.00. The summed E-state index contributed by atoms with van der Waals surface area (Å²) in [5, 5.41) is 3.81. The van der Waals surface area contributed by atoms with E-state index >= 15 is 0 Å². The monoisotopic (exact) mass is 363 g/mol. The van der Waals surface area contributed by atoms with Crippen LogP contribution >= 0.6 is 0 Å². The number of rotatable bonds is 6. The van der Waals surface area contributed by atoms with Gasteiger partial charge >= 0.3 is 0 Å². The standard InChI is InChI=1S/C17H18FN3O3S/c1-13-4-3-5-14(10-13)11-19-20-17(22)12-21(2)25(23,24)16-8-6-15(18)7-9-16/h3-11H,12H2,1-2H3,(H,20,22)/b19-11-. The van der Waals surface area contributed by atoms with Gasteiger partial charge in [0.25, 0.3) is 5.91 Å². The van der Waals surface area contributed by atoms with Crippen molar-refractivity contribution in [3.05, 3.63) is 65.5 Å². The van der Waals surface area contributed by atoms with E-state index < -0.39 is 28.3 Å². The number of amides is 1. The number of nitrogens with zero attached hydrogens (tertiary/aromatic N) is 2. The molecule has 0 bridgehead atoms. The van der Waals surface area contributed by atoms with E-state index in [9.17, 15) is 17.6 Å². The lowest BCUT2D eigenvalue weighted by atomic mass is 10.2.